The van der Waals surface area contributed by atoms with Crippen molar-refractivity contribution in [3.05, 3.63) is 29.8 Å². The lowest BCUT2D eigenvalue weighted by Gasteiger charge is -2.24. The summed E-state index contributed by atoms with van der Waals surface area (Å²) in [6.45, 7) is 8.27. The van der Waals surface area contributed by atoms with E-state index in [1.165, 1.54) is 0 Å². The van der Waals surface area contributed by atoms with Gasteiger partial charge in [0.05, 0.1) is 6.10 Å². The van der Waals surface area contributed by atoms with Crippen LogP contribution in [0.5, 0.6) is 5.75 Å². The number of nitrogens with one attached hydrogen (secondary N) is 1. The van der Waals surface area contributed by atoms with Gasteiger partial charge < -0.3 is 15.8 Å². The van der Waals surface area contributed by atoms with Crippen LogP contribution in [0.1, 0.15) is 44.5 Å². The molecule has 106 valence electrons. The van der Waals surface area contributed by atoms with Crippen LogP contribution in [0.2, 0.25) is 0 Å². The summed E-state index contributed by atoms with van der Waals surface area (Å²) in [5.41, 5.74) is 5.80. The third-order valence-electron chi connectivity index (χ3n) is 2.99. The van der Waals surface area contributed by atoms with Crippen molar-refractivity contribution >= 4 is 5.91 Å². The first-order valence-electron chi connectivity index (χ1n) is 6.67. The molecule has 3 N–H and O–H groups in total. The van der Waals surface area contributed by atoms with Crippen molar-refractivity contribution in [1.82, 2.24) is 5.32 Å². The summed E-state index contributed by atoms with van der Waals surface area (Å²) in [5, 5.41) is 2.89. The van der Waals surface area contributed by atoms with Crippen molar-refractivity contribution in [2.45, 2.75) is 45.8 Å². The van der Waals surface area contributed by atoms with E-state index in [0.29, 0.717) is 12.1 Å². The number of benzene rings is 1. The molecular weight excluding hydrogens is 240 g/mol. The number of hydrogen-bond acceptors (Lipinski definition) is 3. The van der Waals surface area contributed by atoms with Crippen LogP contribution in [0.3, 0.4) is 0 Å². The maximum Gasteiger partial charge on any atom is 0.251 e. The highest BCUT2D eigenvalue weighted by Gasteiger charge is 2.19. The van der Waals surface area contributed by atoms with Gasteiger partial charge in [-0.2, -0.15) is 0 Å². The Morgan fingerprint density at radius 1 is 1.37 bits per heavy atom. The molecule has 0 spiro atoms. The second-order valence-corrected chi connectivity index (χ2v) is 5.40. The fraction of sp³-hybridized carbons (Fsp3) is 0.533. The van der Waals surface area contributed by atoms with Gasteiger partial charge in [0, 0.05) is 17.6 Å². The fourth-order valence-corrected chi connectivity index (χ4v) is 1.43. The summed E-state index contributed by atoms with van der Waals surface area (Å²) >= 11 is 0. The van der Waals surface area contributed by atoms with Crippen LogP contribution in [0.4, 0.5) is 0 Å². The molecule has 1 atom stereocenters. The Morgan fingerprint density at radius 3 is 2.42 bits per heavy atom. The van der Waals surface area contributed by atoms with E-state index in [1.807, 2.05) is 32.9 Å². The number of ether oxygens (including phenoxy) is 1. The van der Waals surface area contributed by atoms with Crippen molar-refractivity contribution in [2.24, 2.45) is 5.73 Å². The molecule has 0 aliphatic rings. The SMILES string of the molecule is CCC(C)Oc1ccc(C(=O)NC(C)(C)CN)cc1. The van der Waals surface area contributed by atoms with Gasteiger partial charge in [0.1, 0.15) is 5.75 Å². The molecule has 1 amide bonds. The zero-order valence-electron chi connectivity index (χ0n) is 12.2. The summed E-state index contributed by atoms with van der Waals surface area (Å²) < 4.78 is 5.67. The van der Waals surface area contributed by atoms with Crippen LogP contribution >= 0.6 is 0 Å². The van der Waals surface area contributed by atoms with E-state index in [-0.39, 0.29) is 12.0 Å². The van der Waals surface area contributed by atoms with Crippen LogP contribution in [0, 0.1) is 0 Å². The lowest BCUT2D eigenvalue weighted by molar-refractivity contribution is 0.0915. The molecule has 0 fully saturated rings. The highest BCUT2D eigenvalue weighted by molar-refractivity contribution is 5.94. The molecule has 1 rings (SSSR count). The van der Waals surface area contributed by atoms with E-state index in [1.54, 1.807) is 12.1 Å². The van der Waals surface area contributed by atoms with Crippen molar-refractivity contribution in [1.29, 1.82) is 0 Å². The molecule has 0 bridgehead atoms. The Labute approximate surface area is 115 Å². The number of amides is 1. The van der Waals surface area contributed by atoms with E-state index < -0.39 is 5.54 Å². The van der Waals surface area contributed by atoms with Gasteiger partial charge in [-0.05, 0) is 51.5 Å². The molecule has 0 saturated carbocycles. The molecule has 1 unspecified atom stereocenters. The predicted molar refractivity (Wildman–Crippen MR) is 77.4 cm³/mol. The molecule has 0 saturated heterocycles. The lowest BCUT2D eigenvalue weighted by atomic mass is 10.1. The monoisotopic (exact) mass is 264 g/mol. The van der Waals surface area contributed by atoms with Gasteiger partial charge in [0.25, 0.3) is 5.91 Å². The Hall–Kier alpha value is -1.55. The fourth-order valence-electron chi connectivity index (χ4n) is 1.43. The van der Waals surface area contributed by atoms with Crippen LogP contribution in [-0.4, -0.2) is 24.1 Å². The average Bonchev–Trinajstić information content (AvgIpc) is 2.39. The highest BCUT2D eigenvalue weighted by Crippen LogP contribution is 2.15. The molecule has 4 heteroatoms. The third kappa shape index (κ3) is 4.91. The Morgan fingerprint density at radius 2 is 1.95 bits per heavy atom. The van der Waals surface area contributed by atoms with E-state index in [4.69, 9.17) is 10.5 Å². The first-order valence-corrected chi connectivity index (χ1v) is 6.67. The van der Waals surface area contributed by atoms with Crippen LogP contribution < -0.4 is 15.8 Å². The molecule has 1 aromatic rings. The van der Waals surface area contributed by atoms with Gasteiger partial charge in [-0.3, -0.25) is 4.79 Å². The normalized spacial score (nSPS) is 12.9. The maximum absolute atomic E-state index is 12.0. The molecule has 0 heterocycles. The van der Waals surface area contributed by atoms with Gasteiger partial charge in [0.2, 0.25) is 0 Å². The highest BCUT2D eigenvalue weighted by atomic mass is 16.5. The zero-order valence-corrected chi connectivity index (χ0v) is 12.2. The summed E-state index contributed by atoms with van der Waals surface area (Å²) in [7, 11) is 0. The predicted octanol–water partition coefficient (Wildman–Crippen LogP) is 2.33. The zero-order chi connectivity index (χ0) is 14.5. The summed E-state index contributed by atoms with van der Waals surface area (Å²) in [6, 6.07) is 7.16. The minimum absolute atomic E-state index is 0.120. The second kappa shape index (κ2) is 6.57. The largest absolute Gasteiger partial charge is 0.491 e. The first kappa shape index (κ1) is 15.5. The Bertz CT molecular complexity index is 413. The maximum atomic E-state index is 12.0. The molecule has 1 aromatic carbocycles. The Kier molecular flexibility index (Phi) is 5.36. The number of nitrogens with two attached hydrogens (primary N) is 1. The van der Waals surface area contributed by atoms with Crippen LogP contribution in [0.25, 0.3) is 0 Å². The molecule has 4 nitrogen and oxygen atoms in total. The van der Waals surface area contributed by atoms with Gasteiger partial charge >= 0.3 is 0 Å². The van der Waals surface area contributed by atoms with Crippen molar-refractivity contribution in [3.63, 3.8) is 0 Å². The van der Waals surface area contributed by atoms with E-state index >= 15 is 0 Å². The number of carbonyl (C=O) groups excluding carboxylic acids is 1. The smallest absolute Gasteiger partial charge is 0.251 e. The average molecular weight is 264 g/mol. The first-order chi connectivity index (χ1) is 8.88. The third-order valence-corrected chi connectivity index (χ3v) is 2.99. The second-order valence-electron chi connectivity index (χ2n) is 5.40. The molecule has 0 radical (unpaired) electrons. The van der Waals surface area contributed by atoms with Gasteiger partial charge in [-0.1, -0.05) is 6.92 Å². The minimum atomic E-state index is -0.400. The van der Waals surface area contributed by atoms with Crippen molar-refractivity contribution in [3.8, 4) is 5.75 Å². The lowest BCUT2D eigenvalue weighted by Crippen LogP contribution is -2.48. The topological polar surface area (TPSA) is 64.3 Å². The standard InChI is InChI=1S/C15H24N2O2/c1-5-11(2)19-13-8-6-12(7-9-13)14(18)17-15(3,4)10-16/h6-9,11H,5,10,16H2,1-4H3,(H,17,18). The molecule has 0 aromatic heterocycles. The number of rotatable bonds is 6. The summed E-state index contributed by atoms with van der Waals surface area (Å²) in [5.74, 6) is 0.662. The van der Waals surface area contributed by atoms with Crippen LogP contribution in [-0.2, 0) is 0 Å². The minimum Gasteiger partial charge on any atom is -0.491 e. The Balaban J connectivity index is 2.68. The van der Waals surface area contributed by atoms with Crippen LogP contribution in [0.15, 0.2) is 24.3 Å². The van der Waals surface area contributed by atoms with E-state index in [9.17, 15) is 4.79 Å². The summed E-state index contributed by atoms with van der Waals surface area (Å²) in [6.07, 6.45) is 1.13. The number of carbonyl (C=O) groups is 1. The van der Waals surface area contributed by atoms with E-state index in [0.717, 1.165) is 12.2 Å². The van der Waals surface area contributed by atoms with E-state index in [2.05, 4.69) is 12.2 Å². The van der Waals surface area contributed by atoms with Gasteiger partial charge in [0.15, 0.2) is 0 Å². The van der Waals surface area contributed by atoms with Crippen molar-refractivity contribution in [2.75, 3.05) is 6.54 Å². The quantitative estimate of drug-likeness (QED) is 0.829. The van der Waals surface area contributed by atoms with Gasteiger partial charge in [-0.15, -0.1) is 0 Å². The molecular formula is C15H24N2O2. The molecule has 0 aliphatic carbocycles. The van der Waals surface area contributed by atoms with Crippen molar-refractivity contribution < 1.29 is 9.53 Å². The molecule has 19 heavy (non-hydrogen) atoms. The summed E-state index contributed by atoms with van der Waals surface area (Å²) in [4.78, 5) is 12.0. The molecule has 0 aliphatic heterocycles. The number of hydrogen-bond donors (Lipinski definition) is 2. The van der Waals surface area contributed by atoms with Gasteiger partial charge in [-0.25, -0.2) is 0 Å².